The van der Waals surface area contributed by atoms with Crippen LogP contribution in [0, 0.1) is 12.8 Å². The van der Waals surface area contributed by atoms with E-state index in [0.29, 0.717) is 30.6 Å². The van der Waals surface area contributed by atoms with Crippen LogP contribution in [0.25, 0.3) is 34.0 Å². The molecule has 4 aromatic rings. The molecule has 184 valence electrons. The summed E-state index contributed by atoms with van der Waals surface area (Å²) in [7, 11) is 0. The molecule has 0 saturated heterocycles. The summed E-state index contributed by atoms with van der Waals surface area (Å²) in [5.74, 6) is 0.207. The van der Waals surface area contributed by atoms with Crippen LogP contribution in [0.2, 0.25) is 0 Å². The highest BCUT2D eigenvalue weighted by Crippen LogP contribution is 2.37. The SMILES string of the molecule is Cc1cc(-c2nc(-c3ccc4c(c3)CCC4NC3CC(C(=O)O)C3)no2)ccc1-c1ccncc1.Cl. The van der Waals surface area contributed by atoms with E-state index in [1.165, 1.54) is 11.1 Å². The molecule has 0 amide bonds. The zero-order valence-electron chi connectivity index (χ0n) is 19.8. The zero-order chi connectivity index (χ0) is 23.9. The Morgan fingerprint density at radius 3 is 2.56 bits per heavy atom. The third kappa shape index (κ3) is 4.52. The first-order valence-electron chi connectivity index (χ1n) is 12.0. The highest BCUT2D eigenvalue weighted by molar-refractivity contribution is 5.85. The van der Waals surface area contributed by atoms with Crippen LogP contribution in [0.4, 0.5) is 0 Å². The molecule has 1 fully saturated rings. The standard InChI is InChI=1S/C28H26N4O3.ClH/c1-16-12-20(3-5-23(16)17-8-10-29-11-9-17)27-31-26(32-35-27)19-2-6-24-18(13-19)4-7-25(24)30-22-14-21(15-22)28(33)34;/h2-3,5-6,8-13,21-22,25,30H,4,7,14-15H2,1H3,(H,33,34);1H. The van der Waals surface area contributed by atoms with Crippen LogP contribution in [-0.4, -0.2) is 32.2 Å². The number of hydrogen-bond acceptors (Lipinski definition) is 6. The molecular formula is C28H27ClN4O3. The lowest BCUT2D eigenvalue weighted by atomic mass is 9.80. The summed E-state index contributed by atoms with van der Waals surface area (Å²) >= 11 is 0. The van der Waals surface area contributed by atoms with Gasteiger partial charge < -0.3 is 14.9 Å². The molecule has 0 aliphatic heterocycles. The van der Waals surface area contributed by atoms with Gasteiger partial charge in [0.25, 0.3) is 5.89 Å². The third-order valence-electron chi connectivity index (χ3n) is 7.29. The van der Waals surface area contributed by atoms with Gasteiger partial charge in [0.05, 0.1) is 5.92 Å². The Kier molecular flexibility index (Phi) is 6.60. The van der Waals surface area contributed by atoms with Crippen molar-refractivity contribution < 1.29 is 14.4 Å². The molecule has 2 N–H and O–H groups in total. The van der Waals surface area contributed by atoms with Gasteiger partial charge in [0.1, 0.15) is 0 Å². The Hall–Kier alpha value is -3.55. The molecule has 0 spiro atoms. The third-order valence-corrected chi connectivity index (χ3v) is 7.29. The van der Waals surface area contributed by atoms with Crippen molar-refractivity contribution in [3.63, 3.8) is 0 Å². The average molecular weight is 503 g/mol. The lowest BCUT2D eigenvalue weighted by molar-refractivity contribution is -0.145. The normalized spacial score (nSPS) is 20.3. The molecule has 2 aliphatic rings. The Labute approximate surface area is 215 Å². The number of aryl methyl sites for hydroxylation is 2. The number of carboxylic acid groups (broad SMARTS) is 1. The van der Waals surface area contributed by atoms with Crippen molar-refractivity contribution in [2.24, 2.45) is 5.92 Å². The zero-order valence-corrected chi connectivity index (χ0v) is 20.7. The van der Waals surface area contributed by atoms with Crippen LogP contribution in [0.3, 0.4) is 0 Å². The molecule has 6 rings (SSSR count). The number of halogens is 1. The molecule has 2 aromatic heterocycles. The van der Waals surface area contributed by atoms with Crippen molar-refractivity contribution in [2.45, 2.75) is 44.7 Å². The van der Waals surface area contributed by atoms with E-state index in [-0.39, 0.29) is 24.4 Å². The van der Waals surface area contributed by atoms with E-state index < -0.39 is 5.97 Å². The summed E-state index contributed by atoms with van der Waals surface area (Å²) in [5.41, 5.74) is 7.82. The van der Waals surface area contributed by atoms with E-state index in [9.17, 15) is 4.79 Å². The molecule has 1 unspecified atom stereocenters. The molecule has 0 radical (unpaired) electrons. The summed E-state index contributed by atoms with van der Waals surface area (Å²) in [6.45, 7) is 2.08. The second-order valence-corrected chi connectivity index (χ2v) is 9.56. The molecule has 2 aromatic carbocycles. The first-order chi connectivity index (χ1) is 17.0. The van der Waals surface area contributed by atoms with E-state index in [2.05, 4.69) is 51.6 Å². The van der Waals surface area contributed by atoms with Gasteiger partial charge in [-0.05, 0) is 90.8 Å². The van der Waals surface area contributed by atoms with Crippen molar-refractivity contribution >= 4 is 18.4 Å². The summed E-state index contributed by atoms with van der Waals surface area (Å²) in [6, 6.07) is 17.1. The topological polar surface area (TPSA) is 101 Å². The predicted molar refractivity (Wildman–Crippen MR) is 139 cm³/mol. The van der Waals surface area contributed by atoms with Gasteiger partial charge in [-0.25, -0.2) is 0 Å². The second-order valence-electron chi connectivity index (χ2n) is 9.56. The van der Waals surface area contributed by atoms with Crippen molar-refractivity contribution in [1.82, 2.24) is 20.4 Å². The van der Waals surface area contributed by atoms with Gasteiger partial charge >= 0.3 is 5.97 Å². The van der Waals surface area contributed by atoms with E-state index in [4.69, 9.17) is 9.63 Å². The number of nitrogens with zero attached hydrogens (tertiary/aromatic N) is 3. The predicted octanol–water partition coefficient (Wildman–Crippen LogP) is 5.64. The number of rotatable bonds is 6. The molecule has 1 saturated carbocycles. The Morgan fingerprint density at radius 2 is 1.81 bits per heavy atom. The maximum Gasteiger partial charge on any atom is 0.306 e. The average Bonchev–Trinajstić information content (AvgIpc) is 3.48. The molecule has 1 atom stereocenters. The molecular weight excluding hydrogens is 476 g/mol. The molecule has 0 bridgehead atoms. The van der Waals surface area contributed by atoms with Gasteiger partial charge in [-0.15, -0.1) is 12.4 Å². The number of benzene rings is 2. The summed E-state index contributed by atoms with van der Waals surface area (Å²) < 4.78 is 5.62. The van der Waals surface area contributed by atoms with Crippen molar-refractivity contribution in [1.29, 1.82) is 0 Å². The van der Waals surface area contributed by atoms with Crippen LogP contribution in [0.15, 0.2) is 65.4 Å². The smallest absolute Gasteiger partial charge is 0.306 e. The highest BCUT2D eigenvalue weighted by atomic mass is 35.5. The number of nitrogens with one attached hydrogen (secondary N) is 1. The minimum atomic E-state index is -0.682. The van der Waals surface area contributed by atoms with Crippen LogP contribution in [0.5, 0.6) is 0 Å². The van der Waals surface area contributed by atoms with Crippen LogP contribution in [0.1, 0.15) is 42.0 Å². The van der Waals surface area contributed by atoms with Crippen LogP contribution in [-0.2, 0) is 11.2 Å². The molecule has 36 heavy (non-hydrogen) atoms. The number of carboxylic acids is 1. The first-order valence-corrected chi connectivity index (χ1v) is 12.0. The number of pyridine rings is 1. The van der Waals surface area contributed by atoms with Gasteiger partial charge in [0, 0.05) is 35.6 Å². The number of fused-ring (bicyclic) bond motifs is 1. The van der Waals surface area contributed by atoms with Crippen LogP contribution < -0.4 is 5.32 Å². The lowest BCUT2D eigenvalue weighted by Gasteiger charge is -2.35. The van der Waals surface area contributed by atoms with Crippen molar-refractivity contribution in [2.75, 3.05) is 0 Å². The van der Waals surface area contributed by atoms with Gasteiger partial charge in [-0.3, -0.25) is 9.78 Å². The Morgan fingerprint density at radius 1 is 1.03 bits per heavy atom. The molecule has 2 aliphatic carbocycles. The Bertz CT molecular complexity index is 1400. The number of hydrogen-bond donors (Lipinski definition) is 2. The minimum absolute atomic E-state index is 0. The first kappa shape index (κ1) is 24.2. The molecule has 7 nitrogen and oxygen atoms in total. The number of aliphatic carboxylic acids is 1. The maximum absolute atomic E-state index is 11.1. The quantitative estimate of drug-likeness (QED) is 0.352. The van der Waals surface area contributed by atoms with E-state index in [1.807, 2.05) is 24.3 Å². The fourth-order valence-electron chi connectivity index (χ4n) is 5.28. The lowest BCUT2D eigenvalue weighted by Crippen LogP contribution is -2.45. The van der Waals surface area contributed by atoms with Gasteiger partial charge in [0.15, 0.2) is 0 Å². The maximum atomic E-state index is 11.1. The van der Waals surface area contributed by atoms with Gasteiger partial charge in [-0.2, -0.15) is 4.98 Å². The van der Waals surface area contributed by atoms with Crippen LogP contribution >= 0.6 is 12.4 Å². The summed E-state index contributed by atoms with van der Waals surface area (Å²) in [6.07, 6.45) is 7.03. The van der Waals surface area contributed by atoms with E-state index in [1.54, 1.807) is 12.4 Å². The minimum Gasteiger partial charge on any atom is -0.481 e. The largest absolute Gasteiger partial charge is 0.481 e. The fourth-order valence-corrected chi connectivity index (χ4v) is 5.28. The monoisotopic (exact) mass is 502 g/mol. The molecule has 2 heterocycles. The second kappa shape index (κ2) is 9.84. The Balaban J connectivity index is 0.00000267. The van der Waals surface area contributed by atoms with Gasteiger partial charge in [-0.1, -0.05) is 23.4 Å². The van der Waals surface area contributed by atoms with Gasteiger partial charge in [0.2, 0.25) is 5.82 Å². The van der Waals surface area contributed by atoms with E-state index >= 15 is 0 Å². The van der Waals surface area contributed by atoms with E-state index in [0.717, 1.165) is 40.7 Å². The fraction of sp³-hybridized carbons (Fsp3) is 0.286. The number of carbonyl (C=O) groups is 1. The van der Waals surface area contributed by atoms with Crippen molar-refractivity contribution in [3.05, 3.63) is 77.6 Å². The summed E-state index contributed by atoms with van der Waals surface area (Å²) in [5, 5.41) is 17.0. The summed E-state index contributed by atoms with van der Waals surface area (Å²) in [4.78, 5) is 19.8. The number of aromatic nitrogens is 3. The van der Waals surface area contributed by atoms with Crippen molar-refractivity contribution in [3.8, 4) is 34.0 Å². The molecule has 8 heteroatoms. The highest BCUT2D eigenvalue weighted by Gasteiger charge is 2.36.